The summed E-state index contributed by atoms with van der Waals surface area (Å²) >= 11 is 0. The van der Waals surface area contributed by atoms with E-state index in [0.29, 0.717) is 30.5 Å². The van der Waals surface area contributed by atoms with Crippen molar-refractivity contribution in [2.24, 2.45) is 0 Å². The molecule has 0 unspecified atom stereocenters. The van der Waals surface area contributed by atoms with E-state index >= 15 is 0 Å². The predicted octanol–water partition coefficient (Wildman–Crippen LogP) is 1.26. The quantitative estimate of drug-likeness (QED) is 0.688. The van der Waals surface area contributed by atoms with Gasteiger partial charge in [-0.2, -0.15) is 0 Å². The van der Waals surface area contributed by atoms with Crippen LogP contribution < -0.4 is 16.4 Å². The molecule has 1 heterocycles. The van der Waals surface area contributed by atoms with E-state index in [9.17, 15) is 4.79 Å². The van der Waals surface area contributed by atoms with Crippen molar-refractivity contribution >= 4 is 17.5 Å². The first-order valence-electron chi connectivity index (χ1n) is 6.84. The molecule has 1 aromatic heterocycles. The summed E-state index contributed by atoms with van der Waals surface area (Å²) in [5, 5.41) is 5.96. The molecule has 1 aromatic rings. The van der Waals surface area contributed by atoms with E-state index in [1.165, 1.54) is 0 Å². The Bertz CT molecular complexity index is 445. The van der Waals surface area contributed by atoms with Crippen LogP contribution in [-0.4, -0.2) is 29.0 Å². The predicted molar refractivity (Wildman–Crippen MR) is 74.8 cm³/mol. The van der Waals surface area contributed by atoms with Crippen molar-refractivity contribution in [3.05, 3.63) is 11.9 Å². The van der Waals surface area contributed by atoms with Gasteiger partial charge in [0.25, 0.3) is 0 Å². The van der Waals surface area contributed by atoms with E-state index in [4.69, 9.17) is 5.73 Å². The van der Waals surface area contributed by atoms with E-state index in [2.05, 4.69) is 20.6 Å². The molecule has 19 heavy (non-hydrogen) atoms. The molecule has 6 nitrogen and oxygen atoms in total. The molecule has 0 spiro atoms. The second-order valence-electron chi connectivity index (χ2n) is 4.84. The number of amides is 1. The minimum absolute atomic E-state index is 0.0544. The van der Waals surface area contributed by atoms with Gasteiger partial charge in [0.2, 0.25) is 5.91 Å². The average molecular weight is 263 g/mol. The van der Waals surface area contributed by atoms with Crippen LogP contribution in [0.1, 0.15) is 44.3 Å². The maximum Gasteiger partial charge on any atom is 0.221 e. The molecule has 0 atom stereocenters. The van der Waals surface area contributed by atoms with Gasteiger partial charge in [0, 0.05) is 31.5 Å². The molecule has 0 radical (unpaired) electrons. The second kappa shape index (κ2) is 6.36. The molecule has 0 bridgehead atoms. The zero-order valence-electron chi connectivity index (χ0n) is 11.3. The average Bonchev–Trinajstić information content (AvgIpc) is 3.20. The number of nitrogens with two attached hydrogens (primary N) is 1. The highest BCUT2D eigenvalue weighted by molar-refractivity contribution is 5.76. The Hall–Kier alpha value is -1.85. The zero-order valence-corrected chi connectivity index (χ0v) is 11.3. The number of carbonyl (C=O) groups excluding carboxylic acids is 1. The van der Waals surface area contributed by atoms with E-state index in [1.54, 1.807) is 6.07 Å². The number of nitrogens with zero attached hydrogens (tertiary/aromatic N) is 2. The summed E-state index contributed by atoms with van der Waals surface area (Å²) in [6, 6.07) is 1.70. The number of carbonyl (C=O) groups is 1. The van der Waals surface area contributed by atoms with E-state index in [0.717, 1.165) is 31.6 Å². The van der Waals surface area contributed by atoms with Crippen LogP contribution in [0.15, 0.2) is 6.07 Å². The van der Waals surface area contributed by atoms with Crippen molar-refractivity contribution < 1.29 is 4.79 Å². The third-order valence-corrected chi connectivity index (χ3v) is 2.94. The largest absolute Gasteiger partial charge is 0.384 e. The first-order valence-corrected chi connectivity index (χ1v) is 6.84. The molecular formula is C13H21N5O. The van der Waals surface area contributed by atoms with Crippen LogP contribution in [-0.2, 0) is 4.79 Å². The lowest BCUT2D eigenvalue weighted by Crippen LogP contribution is -2.26. The maximum atomic E-state index is 11.4. The molecule has 0 aliphatic heterocycles. The first-order chi connectivity index (χ1) is 9.19. The number of aromatic nitrogens is 2. The Kier molecular flexibility index (Phi) is 4.54. The summed E-state index contributed by atoms with van der Waals surface area (Å²) in [4.78, 5) is 20.1. The van der Waals surface area contributed by atoms with Crippen LogP contribution in [0.5, 0.6) is 0 Å². The SMILES string of the molecule is CCCNC(=O)CCNc1cc(N)nc(C2CC2)n1. The third-order valence-electron chi connectivity index (χ3n) is 2.94. The van der Waals surface area contributed by atoms with Crippen molar-refractivity contribution in [2.75, 3.05) is 24.1 Å². The highest BCUT2D eigenvalue weighted by atomic mass is 16.1. The Morgan fingerprint density at radius 3 is 2.89 bits per heavy atom. The number of hydrogen-bond donors (Lipinski definition) is 3. The van der Waals surface area contributed by atoms with Gasteiger partial charge < -0.3 is 16.4 Å². The summed E-state index contributed by atoms with van der Waals surface area (Å²) in [6.07, 6.45) is 3.67. The Labute approximate surface area is 113 Å². The second-order valence-corrected chi connectivity index (χ2v) is 4.84. The van der Waals surface area contributed by atoms with Gasteiger partial charge in [0.05, 0.1) is 0 Å². The lowest BCUT2D eigenvalue weighted by Gasteiger charge is -2.08. The Balaban J connectivity index is 1.80. The fourth-order valence-electron chi connectivity index (χ4n) is 1.76. The zero-order chi connectivity index (χ0) is 13.7. The Morgan fingerprint density at radius 1 is 1.42 bits per heavy atom. The van der Waals surface area contributed by atoms with Crippen molar-refractivity contribution in [3.8, 4) is 0 Å². The molecule has 0 aromatic carbocycles. The summed E-state index contributed by atoms with van der Waals surface area (Å²) in [5.74, 6) is 2.53. The summed E-state index contributed by atoms with van der Waals surface area (Å²) < 4.78 is 0. The van der Waals surface area contributed by atoms with Gasteiger partial charge in [-0.1, -0.05) is 6.92 Å². The smallest absolute Gasteiger partial charge is 0.221 e. The van der Waals surface area contributed by atoms with Crippen LogP contribution in [0.4, 0.5) is 11.6 Å². The number of anilines is 2. The summed E-state index contributed by atoms with van der Waals surface area (Å²) in [6.45, 7) is 3.31. The van der Waals surface area contributed by atoms with E-state index in [-0.39, 0.29) is 5.91 Å². The van der Waals surface area contributed by atoms with Crippen molar-refractivity contribution in [1.29, 1.82) is 0 Å². The summed E-state index contributed by atoms with van der Waals surface area (Å²) in [7, 11) is 0. The van der Waals surface area contributed by atoms with Crippen LogP contribution in [0.2, 0.25) is 0 Å². The van der Waals surface area contributed by atoms with Gasteiger partial charge in [0.15, 0.2) is 0 Å². The molecule has 1 saturated carbocycles. The molecule has 1 aliphatic rings. The fourth-order valence-corrected chi connectivity index (χ4v) is 1.76. The molecule has 1 aliphatic carbocycles. The van der Waals surface area contributed by atoms with Crippen LogP contribution in [0.3, 0.4) is 0 Å². The minimum Gasteiger partial charge on any atom is -0.384 e. The third kappa shape index (κ3) is 4.39. The summed E-state index contributed by atoms with van der Waals surface area (Å²) in [5.41, 5.74) is 5.75. The maximum absolute atomic E-state index is 11.4. The molecule has 4 N–H and O–H groups in total. The topological polar surface area (TPSA) is 92.9 Å². The van der Waals surface area contributed by atoms with Gasteiger partial charge in [-0.25, -0.2) is 9.97 Å². The number of hydrogen-bond acceptors (Lipinski definition) is 5. The van der Waals surface area contributed by atoms with Gasteiger partial charge in [0.1, 0.15) is 17.5 Å². The van der Waals surface area contributed by atoms with Crippen molar-refractivity contribution in [2.45, 2.75) is 38.5 Å². The lowest BCUT2D eigenvalue weighted by atomic mass is 10.3. The highest BCUT2D eigenvalue weighted by Gasteiger charge is 2.27. The Morgan fingerprint density at radius 2 is 2.21 bits per heavy atom. The van der Waals surface area contributed by atoms with E-state index in [1.807, 2.05) is 6.92 Å². The lowest BCUT2D eigenvalue weighted by molar-refractivity contribution is -0.120. The normalized spacial score (nSPS) is 14.2. The molecule has 2 rings (SSSR count). The number of rotatable bonds is 7. The molecule has 0 saturated heterocycles. The van der Waals surface area contributed by atoms with Gasteiger partial charge in [-0.15, -0.1) is 0 Å². The van der Waals surface area contributed by atoms with Crippen molar-refractivity contribution in [3.63, 3.8) is 0 Å². The monoisotopic (exact) mass is 263 g/mol. The van der Waals surface area contributed by atoms with Crippen LogP contribution in [0.25, 0.3) is 0 Å². The van der Waals surface area contributed by atoms with Gasteiger partial charge >= 0.3 is 0 Å². The standard InChI is InChI=1S/C13H21N5O/c1-2-6-16-12(19)5-7-15-11-8-10(14)17-13(18-11)9-3-4-9/h8-9H,2-7H2,1H3,(H,16,19)(H3,14,15,17,18). The van der Waals surface area contributed by atoms with Crippen molar-refractivity contribution in [1.82, 2.24) is 15.3 Å². The van der Waals surface area contributed by atoms with Crippen LogP contribution in [0, 0.1) is 0 Å². The number of nitrogens with one attached hydrogen (secondary N) is 2. The molecule has 6 heteroatoms. The number of nitrogen functional groups attached to an aromatic ring is 1. The minimum atomic E-state index is 0.0544. The molecular weight excluding hydrogens is 242 g/mol. The van der Waals surface area contributed by atoms with Gasteiger partial charge in [-0.3, -0.25) is 4.79 Å². The van der Waals surface area contributed by atoms with Crippen LogP contribution >= 0.6 is 0 Å². The van der Waals surface area contributed by atoms with E-state index < -0.39 is 0 Å². The molecule has 1 fully saturated rings. The fraction of sp³-hybridized carbons (Fsp3) is 0.615. The highest BCUT2D eigenvalue weighted by Crippen LogP contribution is 2.38. The van der Waals surface area contributed by atoms with Gasteiger partial charge in [-0.05, 0) is 19.3 Å². The molecule has 1 amide bonds. The molecule has 104 valence electrons. The first kappa shape index (κ1) is 13.6.